The van der Waals surface area contributed by atoms with E-state index in [1.165, 1.54) is 6.42 Å². The molecule has 2 aliphatic rings. The smallest absolute Gasteiger partial charge is 0.251 e. The van der Waals surface area contributed by atoms with Crippen LogP contribution in [0.2, 0.25) is 0 Å². The molecule has 2 bridgehead atoms. The number of hydrogen-bond acceptors (Lipinski definition) is 3. The van der Waals surface area contributed by atoms with Gasteiger partial charge in [-0.1, -0.05) is 27.2 Å². The predicted octanol–water partition coefficient (Wildman–Crippen LogP) is 3.52. The zero-order valence-electron chi connectivity index (χ0n) is 17.2. The van der Waals surface area contributed by atoms with E-state index in [0.717, 1.165) is 25.7 Å². The van der Waals surface area contributed by atoms with Crippen molar-refractivity contribution < 1.29 is 9.59 Å². The average Bonchev–Trinajstić information content (AvgIpc) is 2.60. The van der Waals surface area contributed by atoms with Gasteiger partial charge in [-0.3, -0.25) is 9.59 Å². The molecule has 2 amide bonds. The number of hydrogen-bond donors (Lipinski definition) is 3. The predicted molar refractivity (Wildman–Crippen MR) is 115 cm³/mol. The van der Waals surface area contributed by atoms with Gasteiger partial charge in [-0.2, -0.15) is 0 Å². The summed E-state index contributed by atoms with van der Waals surface area (Å²) in [6.45, 7) is 6.84. The normalized spacial score (nSPS) is 26.7. The second-order valence-electron chi connectivity index (χ2n) is 9.50. The average molecular weight is 408 g/mol. The number of carbonyl (C=O) groups excluding carboxylic acids is 2. The Labute approximate surface area is 174 Å². The lowest BCUT2D eigenvalue weighted by Gasteiger charge is -2.45. The molecule has 0 aliphatic heterocycles. The van der Waals surface area contributed by atoms with Gasteiger partial charge in [0.15, 0.2) is 0 Å². The van der Waals surface area contributed by atoms with Crippen LogP contribution in [0.5, 0.6) is 0 Å². The molecule has 2 atom stereocenters. The molecule has 2 aliphatic carbocycles. The number of benzene rings is 1. The van der Waals surface area contributed by atoms with Gasteiger partial charge < -0.3 is 16.4 Å². The van der Waals surface area contributed by atoms with Crippen LogP contribution in [0.15, 0.2) is 24.3 Å². The number of halogens is 1. The van der Waals surface area contributed by atoms with Crippen LogP contribution < -0.4 is 16.4 Å². The number of fused-ring (bicyclic) bond motifs is 2. The summed E-state index contributed by atoms with van der Waals surface area (Å²) in [6, 6.07) is 7.45. The molecular formula is C22H34ClN3O2. The molecule has 2 fully saturated rings. The van der Waals surface area contributed by atoms with Gasteiger partial charge in [0.05, 0.1) is 0 Å². The summed E-state index contributed by atoms with van der Waals surface area (Å²) in [5, 5.41) is 6.19. The van der Waals surface area contributed by atoms with Gasteiger partial charge in [-0.05, 0) is 67.2 Å². The summed E-state index contributed by atoms with van der Waals surface area (Å²) in [5.41, 5.74) is 7.40. The minimum atomic E-state index is -0.104. The van der Waals surface area contributed by atoms with E-state index in [0.29, 0.717) is 29.5 Å². The van der Waals surface area contributed by atoms with Gasteiger partial charge in [0, 0.05) is 29.8 Å². The highest BCUT2D eigenvalue weighted by Gasteiger charge is 2.39. The Morgan fingerprint density at radius 2 is 1.50 bits per heavy atom. The van der Waals surface area contributed by atoms with E-state index in [9.17, 15) is 9.59 Å². The standard InChI is InChI=1S/C22H33N3O2.ClH/c1-22(2,3)13-24-20(26)14-7-9-15(10-8-14)21(27)25-19-16-5-4-6-17(19)12-18(23)11-16;/h7-10,16-19H,4-6,11-13,23H2,1-3H3,(H,24,26)(H,25,27);1H. The number of amides is 2. The SMILES string of the molecule is CC(C)(C)CNC(=O)c1ccc(C(=O)NC2C3CCCC2CC(N)C3)cc1.Cl. The molecular weight excluding hydrogens is 374 g/mol. The van der Waals surface area contributed by atoms with Crippen LogP contribution in [-0.4, -0.2) is 30.4 Å². The van der Waals surface area contributed by atoms with E-state index < -0.39 is 0 Å². The summed E-state index contributed by atoms with van der Waals surface area (Å²) in [7, 11) is 0. The molecule has 28 heavy (non-hydrogen) atoms. The highest BCUT2D eigenvalue weighted by molar-refractivity contribution is 5.97. The molecule has 6 heteroatoms. The minimum absolute atomic E-state index is 0. The minimum Gasteiger partial charge on any atom is -0.352 e. The largest absolute Gasteiger partial charge is 0.352 e. The Morgan fingerprint density at radius 1 is 1.00 bits per heavy atom. The van der Waals surface area contributed by atoms with Crippen LogP contribution in [0.1, 0.15) is 73.6 Å². The van der Waals surface area contributed by atoms with Crippen molar-refractivity contribution >= 4 is 24.2 Å². The van der Waals surface area contributed by atoms with E-state index in [2.05, 4.69) is 31.4 Å². The maximum Gasteiger partial charge on any atom is 0.251 e. The number of nitrogens with one attached hydrogen (secondary N) is 2. The molecule has 0 spiro atoms. The van der Waals surface area contributed by atoms with E-state index in [4.69, 9.17) is 5.73 Å². The van der Waals surface area contributed by atoms with Crippen molar-refractivity contribution in [3.63, 3.8) is 0 Å². The topological polar surface area (TPSA) is 84.2 Å². The lowest BCUT2D eigenvalue weighted by molar-refractivity contribution is 0.0755. The van der Waals surface area contributed by atoms with Crippen molar-refractivity contribution in [2.75, 3.05) is 6.54 Å². The van der Waals surface area contributed by atoms with Crippen LogP contribution >= 0.6 is 12.4 Å². The highest BCUT2D eigenvalue weighted by Crippen LogP contribution is 2.39. The highest BCUT2D eigenvalue weighted by atomic mass is 35.5. The molecule has 2 saturated carbocycles. The van der Waals surface area contributed by atoms with Gasteiger partial charge in [-0.15, -0.1) is 12.4 Å². The first-order chi connectivity index (χ1) is 12.7. The maximum absolute atomic E-state index is 12.7. The van der Waals surface area contributed by atoms with Crippen molar-refractivity contribution in [3.05, 3.63) is 35.4 Å². The molecule has 2 unspecified atom stereocenters. The van der Waals surface area contributed by atoms with Crippen LogP contribution in [0.3, 0.4) is 0 Å². The van der Waals surface area contributed by atoms with E-state index in [1.54, 1.807) is 24.3 Å². The molecule has 0 saturated heterocycles. The van der Waals surface area contributed by atoms with Crippen LogP contribution in [0, 0.1) is 17.3 Å². The first-order valence-corrected chi connectivity index (χ1v) is 10.2. The molecule has 156 valence electrons. The fourth-order valence-electron chi connectivity index (χ4n) is 4.48. The summed E-state index contributed by atoms with van der Waals surface area (Å²) >= 11 is 0. The Hall–Kier alpha value is -1.59. The third-order valence-corrected chi connectivity index (χ3v) is 5.86. The van der Waals surface area contributed by atoms with E-state index >= 15 is 0 Å². The molecule has 0 heterocycles. The van der Waals surface area contributed by atoms with Gasteiger partial charge in [0.25, 0.3) is 11.8 Å². The first kappa shape index (κ1) is 22.7. The van der Waals surface area contributed by atoms with Gasteiger partial charge >= 0.3 is 0 Å². The molecule has 0 aromatic heterocycles. The third-order valence-electron chi connectivity index (χ3n) is 5.86. The first-order valence-electron chi connectivity index (χ1n) is 10.2. The molecule has 1 aromatic rings. The van der Waals surface area contributed by atoms with Crippen molar-refractivity contribution in [1.29, 1.82) is 0 Å². The summed E-state index contributed by atoms with van der Waals surface area (Å²) in [6.07, 6.45) is 5.57. The van der Waals surface area contributed by atoms with E-state index in [-0.39, 0.29) is 41.7 Å². The fraction of sp³-hybridized carbons (Fsp3) is 0.636. The number of nitrogens with two attached hydrogens (primary N) is 1. The third kappa shape index (κ3) is 5.71. The van der Waals surface area contributed by atoms with Crippen molar-refractivity contribution in [1.82, 2.24) is 10.6 Å². The van der Waals surface area contributed by atoms with Crippen molar-refractivity contribution in [2.45, 2.75) is 65.0 Å². The summed E-state index contributed by atoms with van der Waals surface area (Å²) < 4.78 is 0. The van der Waals surface area contributed by atoms with Crippen LogP contribution in [0.4, 0.5) is 0 Å². The molecule has 1 aromatic carbocycles. The Balaban J connectivity index is 0.00000280. The van der Waals surface area contributed by atoms with Gasteiger partial charge in [0.2, 0.25) is 0 Å². The van der Waals surface area contributed by atoms with Crippen LogP contribution in [0.25, 0.3) is 0 Å². The lowest BCUT2D eigenvalue weighted by atomic mass is 9.67. The Morgan fingerprint density at radius 3 is 2.00 bits per heavy atom. The number of carbonyl (C=O) groups is 2. The monoisotopic (exact) mass is 407 g/mol. The number of rotatable bonds is 4. The Bertz CT molecular complexity index is 670. The Kier molecular flexibility index (Phi) is 7.52. The van der Waals surface area contributed by atoms with Crippen LogP contribution in [-0.2, 0) is 0 Å². The quantitative estimate of drug-likeness (QED) is 0.713. The maximum atomic E-state index is 12.7. The fourth-order valence-corrected chi connectivity index (χ4v) is 4.48. The van der Waals surface area contributed by atoms with Crippen molar-refractivity contribution in [3.8, 4) is 0 Å². The van der Waals surface area contributed by atoms with Gasteiger partial charge in [-0.25, -0.2) is 0 Å². The molecule has 4 N–H and O–H groups in total. The lowest BCUT2D eigenvalue weighted by Crippen LogP contribution is -2.53. The zero-order chi connectivity index (χ0) is 19.6. The molecule has 0 radical (unpaired) electrons. The molecule has 3 rings (SSSR count). The second kappa shape index (κ2) is 9.27. The molecule has 5 nitrogen and oxygen atoms in total. The van der Waals surface area contributed by atoms with E-state index in [1.807, 2.05) is 0 Å². The van der Waals surface area contributed by atoms with Gasteiger partial charge in [0.1, 0.15) is 0 Å². The summed E-state index contributed by atoms with van der Waals surface area (Å²) in [4.78, 5) is 25.0. The summed E-state index contributed by atoms with van der Waals surface area (Å²) in [5.74, 6) is 0.847. The zero-order valence-corrected chi connectivity index (χ0v) is 18.0. The second-order valence-corrected chi connectivity index (χ2v) is 9.50. The van der Waals surface area contributed by atoms with Crippen molar-refractivity contribution in [2.24, 2.45) is 23.0 Å².